The zero-order chi connectivity index (χ0) is 19.0. The predicted molar refractivity (Wildman–Crippen MR) is 99.1 cm³/mol. The van der Waals surface area contributed by atoms with Gasteiger partial charge in [0.15, 0.2) is 5.82 Å². The molecule has 1 unspecified atom stereocenters. The Bertz CT molecular complexity index is 898. The number of amides is 3. The summed E-state index contributed by atoms with van der Waals surface area (Å²) in [4.78, 5) is 38.2. The molecule has 0 aliphatic carbocycles. The number of anilines is 2. The first kappa shape index (κ1) is 17.3. The van der Waals surface area contributed by atoms with Gasteiger partial charge in [-0.2, -0.15) is 5.10 Å². The predicted octanol–water partition coefficient (Wildman–Crippen LogP) is 1.38. The quantitative estimate of drug-likeness (QED) is 0.784. The zero-order valence-corrected chi connectivity index (χ0v) is 15.1. The third-order valence-corrected chi connectivity index (χ3v) is 5.04. The molecule has 8 nitrogen and oxygen atoms in total. The van der Waals surface area contributed by atoms with Crippen molar-refractivity contribution >= 4 is 29.2 Å². The Balaban J connectivity index is 1.45. The molecule has 4 rings (SSSR count). The van der Waals surface area contributed by atoms with E-state index in [4.69, 9.17) is 0 Å². The maximum atomic E-state index is 12.4. The van der Waals surface area contributed by atoms with Crippen molar-refractivity contribution in [1.82, 2.24) is 15.1 Å². The van der Waals surface area contributed by atoms with E-state index in [1.54, 1.807) is 11.0 Å². The second-order valence-electron chi connectivity index (χ2n) is 6.85. The fraction of sp³-hybridized carbons (Fsp3) is 0.368. The number of para-hydroxylation sites is 1. The topological polar surface area (TPSA) is 96.3 Å². The van der Waals surface area contributed by atoms with Crippen LogP contribution in [0.25, 0.3) is 0 Å². The van der Waals surface area contributed by atoms with Crippen molar-refractivity contribution in [3.63, 3.8) is 0 Å². The van der Waals surface area contributed by atoms with Crippen LogP contribution in [-0.4, -0.2) is 34.0 Å². The second kappa shape index (κ2) is 6.86. The van der Waals surface area contributed by atoms with Gasteiger partial charge in [0, 0.05) is 37.5 Å². The lowest BCUT2D eigenvalue weighted by Gasteiger charge is -2.34. The van der Waals surface area contributed by atoms with E-state index in [0.29, 0.717) is 18.8 Å². The molecule has 0 spiro atoms. The third kappa shape index (κ3) is 3.30. The van der Waals surface area contributed by atoms with Crippen LogP contribution in [0.4, 0.5) is 11.5 Å². The number of carbonyl (C=O) groups excluding carboxylic acids is 3. The number of aromatic nitrogens is 2. The van der Waals surface area contributed by atoms with Gasteiger partial charge in [-0.25, -0.2) is 0 Å². The summed E-state index contributed by atoms with van der Waals surface area (Å²) >= 11 is 0. The molecule has 2 N–H and O–H groups in total. The minimum absolute atomic E-state index is 0.0437. The molecule has 0 bridgehead atoms. The van der Waals surface area contributed by atoms with Crippen LogP contribution in [0, 0.1) is 0 Å². The van der Waals surface area contributed by atoms with E-state index < -0.39 is 11.8 Å². The maximum Gasteiger partial charge on any atom is 0.314 e. The van der Waals surface area contributed by atoms with E-state index >= 15 is 0 Å². The Morgan fingerprint density at radius 3 is 2.74 bits per heavy atom. The molecule has 1 atom stereocenters. The first-order chi connectivity index (χ1) is 13.0. The molecule has 0 saturated heterocycles. The molecule has 8 heteroatoms. The molecule has 140 valence electrons. The number of aryl methyl sites for hydroxylation is 2. The SMILES string of the molecule is CC(=O)N1CCC(NC(=O)C(=O)Nc2cc3n(n2)CCC3)c2ccccc21. The lowest BCUT2D eigenvalue weighted by Crippen LogP contribution is -2.43. The van der Waals surface area contributed by atoms with Gasteiger partial charge in [0.25, 0.3) is 0 Å². The average Bonchev–Trinajstić information content (AvgIpc) is 3.23. The maximum absolute atomic E-state index is 12.4. The molecule has 0 saturated carbocycles. The molecule has 0 radical (unpaired) electrons. The van der Waals surface area contributed by atoms with Crippen LogP contribution >= 0.6 is 0 Å². The van der Waals surface area contributed by atoms with Crippen LogP contribution in [0.5, 0.6) is 0 Å². The number of nitrogens with zero attached hydrogens (tertiary/aromatic N) is 3. The highest BCUT2D eigenvalue weighted by Gasteiger charge is 2.29. The summed E-state index contributed by atoms with van der Waals surface area (Å²) in [5.41, 5.74) is 2.67. The van der Waals surface area contributed by atoms with Crippen molar-refractivity contribution in [3.05, 3.63) is 41.6 Å². The van der Waals surface area contributed by atoms with E-state index in [0.717, 1.165) is 36.3 Å². The monoisotopic (exact) mass is 367 g/mol. The van der Waals surface area contributed by atoms with Crippen LogP contribution in [0.3, 0.4) is 0 Å². The lowest BCUT2D eigenvalue weighted by atomic mass is 9.96. The molecular formula is C19H21N5O3. The van der Waals surface area contributed by atoms with Crippen molar-refractivity contribution in [1.29, 1.82) is 0 Å². The van der Waals surface area contributed by atoms with E-state index in [9.17, 15) is 14.4 Å². The van der Waals surface area contributed by atoms with Gasteiger partial charge in [0.2, 0.25) is 5.91 Å². The highest BCUT2D eigenvalue weighted by atomic mass is 16.2. The number of hydrogen-bond acceptors (Lipinski definition) is 4. The Morgan fingerprint density at radius 1 is 1.15 bits per heavy atom. The van der Waals surface area contributed by atoms with Gasteiger partial charge in [-0.1, -0.05) is 18.2 Å². The summed E-state index contributed by atoms with van der Waals surface area (Å²) in [6, 6.07) is 8.91. The summed E-state index contributed by atoms with van der Waals surface area (Å²) in [6.45, 7) is 2.85. The van der Waals surface area contributed by atoms with E-state index in [1.807, 2.05) is 28.9 Å². The molecule has 2 aliphatic rings. The number of rotatable bonds is 2. The Labute approximate surface area is 156 Å². The van der Waals surface area contributed by atoms with E-state index in [-0.39, 0.29) is 11.9 Å². The summed E-state index contributed by atoms with van der Waals surface area (Å²) in [5, 5.41) is 9.63. The molecule has 2 aromatic rings. The Hall–Kier alpha value is -3.16. The highest BCUT2D eigenvalue weighted by Crippen LogP contribution is 2.33. The molecule has 0 fully saturated rings. The average molecular weight is 367 g/mol. The molecular weight excluding hydrogens is 346 g/mol. The van der Waals surface area contributed by atoms with Crippen molar-refractivity contribution in [3.8, 4) is 0 Å². The number of benzene rings is 1. The molecule has 3 heterocycles. The van der Waals surface area contributed by atoms with E-state index in [2.05, 4.69) is 15.7 Å². The van der Waals surface area contributed by atoms with Gasteiger partial charge >= 0.3 is 11.8 Å². The van der Waals surface area contributed by atoms with Gasteiger partial charge in [-0.3, -0.25) is 19.1 Å². The largest absolute Gasteiger partial charge is 0.341 e. The summed E-state index contributed by atoms with van der Waals surface area (Å²) < 4.78 is 1.85. The molecule has 27 heavy (non-hydrogen) atoms. The highest BCUT2D eigenvalue weighted by molar-refractivity contribution is 6.39. The van der Waals surface area contributed by atoms with Crippen LogP contribution in [0.15, 0.2) is 30.3 Å². The third-order valence-electron chi connectivity index (χ3n) is 5.04. The van der Waals surface area contributed by atoms with Gasteiger partial charge < -0.3 is 15.5 Å². The fourth-order valence-corrected chi connectivity index (χ4v) is 3.76. The summed E-state index contributed by atoms with van der Waals surface area (Å²) in [6.07, 6.45) is 2.53. The fourth-order valence-electron chi connectivity index (χ4n) is 3.76. The first-order valence-electron chi connectivity index (χ1n) is 9.08. The Kier molecular flexibility index (Phi) is 4.39. The standard InChI is InChI=1S/C19H21N5O3/c1-12(25)23-10-8-15(14-6-2-3-7-16(14)23)20-18(26)19(27)21-17-11-13-5-4-9-24(13)22-17/h2-3,6-7,11,15H,4-5,8-10H2,1H3,(H,20,26)(H,21,22,27). The molecule has 1 aromatic carbocycles. The van der Waals surface area contributed by atoms with Crippen LogP contribution in [-0.2, 0) is 27.3 Å². The minimum atomic E-state index is -0.738. The lowest BCUT2D eigenvalue weighted by molar-refractivity contribution is -0.136. The number of carbonyl (C=O) groups is 3. The zero-order valence-electron chi connectivity index (χ0n) is 15.1. The van der Waals surface area contributed by atoms with Gasteiger partial charge in [-0.05, 0) is 30.9 Å². The molecule has 2 aliphatic heterocycles. The number of fused-ring (bicyclic) bond motifs is 2. The van der Waals surface area contributed by atoms with Gasteiger partial charge in [-0.15, -0.1) is 0 Å². The first-order valence-corrected chi connectivity index (χ1v) is 9.08. The summed E-state index contributed by atoms with van der Waals surface area (Å²) in [7, 11) is 0. The van der Waals surface area contributed by atoms with Crippen molar-refractivity contribution in [2.45, 2.75) is 38.8 Å². The van der Waals surface area contributed by atoms with Crippen molar-refractivity contribution in [2.24, 2.45) is 0 Å². The molecule has 3 amide bonds. The number of hydrogen-bond donors (Lipinski definition) is 2. The smallest absolute Gasteiger partial charge is 0.314 e. The normalized spacial score (nSPS) is 17.8. The van der Waals surface area contributed by atoms with Crippen LogP contribution < -0.4 is 15.5 Å². The van der Waals surface area contributed by atoms with Crippen molar-refractivity contribution < 1.29 is 14.4 Å². The minimum Gasteiger partial charge on any atom is -0.341 e. The Morgan fingerprint density at radius 2 is 1.96 bits per heavy atom. The summed E-state index contributed by atoms with van der Waals surface area (Å²) in [5.74, 6) is -1.09. The van der Waals surface area contributed by atoms with Crippen LogP contribution in [0.1, 0.15) is 37.1 Å². The van der Waals surface area contributed by atoms with Crippen LogP contribution in [0.2, 0.25) is 0 Å². The number of nitrogens with one attached hydrogen (secondary N) is 2. The second-order valence-corrected chi connectivity index (χ2v) is 6.85. The van der Waals surface area contributed by atoms with Crippen molar-refractivity contribution in [2.75, 3.05) is 16.8 Å². The molecule has 1 aromatic heterocycles. The van der Waals surface area contributed by atoms with Gasteiger partial charge in [0.05, 0.1) is 6.04 Å². The van der Waals surface area contributed by atoms with Gasteiger partial charge in [0.1, 0.15) is 0 Å². The van der Waals surface area contributed by atoms with E-state index in [1.165, 1.54) is 6.92 Å².